The maximum absolute atomic E-state index is 13.2. The van der Waals surface area contributed by atoms with Crippen LogP contribution in [0.5, 0.6) is 0 Å². The summed E-state index contributed by atoms with van der Waals surface area (Å²) in [6, 6.07) is 6.82. The summed E-state index contributed by atoms with van der Waals surface area (Å²) in [6.07, 6.45) is 0. The maximum Gasteiger partial charge on any atom is 0.339 e. The maximum atomic E-state index is 13.2. The average Bonchev–Trinajstić information content (AvgIpc) is 2.96. The summed E-state index contributed by atoms with van der Waals surface area (Å²) < 4.78 is 20.4. The van der Waals surface area contributed by atoms with E-state index < -0.39 is 23.3 Å². The van der Waals surface area contributed by atoms with Gasteiger partial charge in [-0.05, 0) is 13.0 Å². The number of hydrogen-bond donors (Lipinski definition) is 1. The van der Waals surface area contributed by atoms with E-state index >= 15 is 0 Å². The SMILES string of the molecule is COCCOC(=O)C1=C(C)OC(=O)[C@@]12C(C(=O)OC)=C(N)N(C)c1ccccc12. The molecule has 1 aromatic rings. The van der Waals surface area contributed by atoms with Gasteiger partial charge in [0.15, 0.2) is 5.41 Å². The molecule has 0 saturated carbocycles. The van der Waals surface area contributed by atoms with Gasteiger partial charge in [-0.2, -0.15) is 0 Å². The molecule has 9 heteroatoms. The third kappa shape index (κ3) is 2.85. The second kappa shape index (κ2) is 7.59. The molecule has 2 aliphatic heterocycles. The number of carbonyl (C=O) groups is 3. The lowest BCUT2D eigenvalue weighted by Crippen LogP contribution is -2.49. The molecule has 0 fully saturated rings. The molecule has 2 heterocycles. The van der Waals surface area contributed by atoms with Crippen LogP contribution >= 0.6 is 0 Å². The first-order valence-corrected chi connectivity index (χ1v) is 8.83. The van der Waals surface area contributed by atoms with Gasteiger partial charge in [0, 0.05) is 25.4 Å². The average molecular weight is 402 g/mol. The normalized spacial score (nSPS) is 20.7. The van der Waals surface area contributed by atoms with Crippen molar-refractivity contribution in [3.05, 3.63) is 52.6 Å². The Bertz CT molecular complexity index is 950. The number of benzene rings is 1. The van der Waals surface area contributed by atoms with Crippen LogP contribution in [0.15, 0.2) is 47.0 Å². The summed E-state index contributed by atoms with van der Waals surface area (Å²) in [5.41, 5.74) is 4.99. The van der Waals surface area contributed by atoms with Crippen molar-refractivity contribution in [2.24, 2.45) is 5.73 Å². The molecule has 3 rings (SSSR count). The van der Waals surface area contributed by atoms with Crippen molar-refractivity contribution < 1.29 is 33.3 Å². The lowest BCUT2D eigenvalue weighted by atomic mass is 9.66. The fourth-order valence-corrected chi connectivity index (χ4v) is 3.76. The van der Waals surface area contributed by atoms with Gasteiger partial charge in [-0.3, -0.25) is 0 Å². The molecule has 0 bridgehead atoms. The van der Waals surface area contributed by atoms with Crippen molar-refractivity contribution >= 4 is 23.6 Å². The molecule has 2 aliphatic rings. The lowest BCUT2D eigenvalue weighted by molar-refractivity contribution is -0.146. The van der Waals surface area contributed by atoms with E-state index in [0.717, 1.165) is 0 Å². The van der Waals surface area contributed by atoms with Crippen molar-refractivity contribution in [1.29, 1.82) is 0 Å². The van der Waals surface area contributed by atoms with Crippen LogP contribution in [0.1, 0.15) is 12.5 Å². The van der Waals surface area contributed by atoms with Crippen molar-refractivity contribution in [3.8, 4) is 0 Å². The number of para-hydroxylation sites is 1. The first kappa shape index (κ1) is 20.4. The molecule has 154 valence electrons. The summed E-state index contributed by atoms with van der Waals surface area (Å²) in [7, 11) is 4.29. The van der Waals surface area contributed by atoms with Crippen molar-refractivity contribution in [1.82, 2.24) is 0 Å². The van der Waals surface area contributed by atoms with Gasteiger partial charge in [-0.1, -0.05) is 18.2 Å². The highest BCUT2D eigenvalue weighted by Crippen LogP contribution is 2.53. The van der Waals surface area contributed by atoms with Crippen LogP contribution in [0, 0.1) is 0 Å². The molecule has 0 aromatic heterocycles. The Morgan fingerprint density at radius 1 is 1.14 bits per heavy atom. The van der Waals surface area contributed by atoms with Gasteiger partial charge in [-0.15, -0.1) is 0 Å². The second-order valence-corrected chi connectivity index (χ2v) is 6.53. The first-order chi connectivity index (χ1) is 13.8. The van der Waals surface area contributed by atoms with E-state index in [1.807, 2.05) is 0 Å². The van der Waals surface area contributed by atoms with Crippen LogP contribution in [0.25, 0.3) is 0 Å². The number of nitrogens with zero attached hydrogens (tertiary/aromatic N) is 1. The van der Waals surface area contributed by atoms with E-state index in [4.69, 9.17) is 24.7 Å². The summed E-state index contributed by atoms with van der Waals surface area (Å²) in [4.78, 5) is 40.6. The van der Waals surface area contributed by atoms with Crippen molar-refractivity contribution in [2.75, 3.05) is 39.4 Å². The highest BCUT2D eigenvalue weighted by Gasteiger charge is 2.63. The topological polar surface area (TPSA) is 117 Å². The zero-order chi connectivity index (χ0) is 21.3. The predicted octanol–water partition coefficient (Wildman–Crippen LogP) is 0.738. The second-order valence-electron chi connectivity index (χ2n) is 6.53. The molecule has 0 aliphatic carbocycles. The van der Waals surface area contributed by atoms with Crippen LogP contribution in [0.2, 0.25) is 0 Å². The zero-order valence-corrected chi connectivity index (χ0v) is 16.6. The van der Waals surface area contributed by atoms with E-state index in [0.29, 0.717) is 11.3 Å². The highest BCUT2D eigenvalue weighted by molar-refractivity contribution is 6.16. The van der Waals surface area contributed by atoms with Crippen molar-refractivity contribution in [3.63, 3.8) is 0 Å². The number of carbonyl (C=O) groups excluding carboxylic acids is 3. The van der Waals surface area contributed by atoms with Gasteiger partial charge < -0.3 is 29.6 Å². The van der Waals surface area contributed by atoms with Crippen LogP contribution in [-0.2, 0) is 38.7 Å². The molecular formula is C20H22N2O7. The van der Waals surface area contributed by atoms with Crippen LogP contribution in [0.3, 0.4) is 0 Å². The lowest BCUT2D eigenvalue weighted by Gasteiger charge is -2.39. The molecular weight excluding hydrogens is 380 g/mol. The van der Waals surface area contributed by atoms with Gasteiger partial charge in [0.2, 0.25) is 0 Å². The third-order valence-corrected chi connectivity index (χ3v) is 5.06. The monoisotopic (exact) mass is 402 g/mol. The largest absolute Gasteiger partial charge is 0.466 e. The summed E-state index contributed by atoms with van der Waals surface area (Å²) in [5.74, 6) is -2.47. The van der Waals surface area contributed by atoms with E-state index in [1.165, 1.54) is 21.1 Å². The molecule has 29 heavy (non-hydrogen) atoms. The zero-order valence-electron chi connectivity index (χ0n) is 16.6. The minimum absolute atomic E-state index is 0.0237. The van der Waals surface area contributed by atoms with Crippen LogP contribution < -0.4 is 10.6 Å². The quantitative estimate of drug-likeness (QED) is 0.432. The summed E-state index contributed by atoms with van der Waals surface area (Å²) >= 11 is 0. The number of allylic oxidation sites excluding steroid dienone is 1. The van der Waals surface area contributed by atoms with E-state index in [9.17, 15) is 14.4 Å². The standard InChI is InChI=1S/C20H22N2O7/c1-11-14(18(24)28-10-9-26-3)20(19(25)29-11)12-7-5-6-8-13(12)22(2)16(21)15(20)17(23)27-4/h5-8H,9-10,21H2,1-4H3/t20-/m1/s1. The van der Waals surface area contributed by atoms with Gasteiger partial charge in [0.25, 0.3) is 0 Å². The van der Waals surface area contributed by atoms with E-state index in [1.54, 1.807) is 36.2 Å². The van der Waals surface area contributed by atoms with Gasteiger partial charge in [-0.25, -0.2) is 14.4 Å². The minimum atomic E-state index is -1.89. The molecule has 1 spiro atoms. The number of ether oxygens (including phenoxy) is 4. The number of esters is 3. The molecule has 0 amide bonds. The number of methoxy groups -OCH3 is 2. The fourth-order valence-electron chi connectivity index (χ4n) is 3.76. The molecule has 9 nitrogen and oxygen atoms in total. The summed E-state index contributed by atoms with van der Waals surface area (Å²) in [6.45, 7) is 1.59. The first-order valence-electron chi connectivity index (χ1n) is 8.83. The Hall–Kier alpha value is -3.33. The minimum Gasteiger partial charge on any atom is -0.466 e. The molecule has 0 saturated heterocycles. The molecule has 0 unspecified atom stereocenters. The number of anilines is 1. The highest BCUT2D eigenvalue weighted by atomic mass is 16.6. The molecule has 2 N–H and O–H groups in total. The number of cyclic esters (lactones) is 1. The number of fused-ring (bicyclic) bond motifs is 2. The summed E-state index contributed by atoms with van der Waals surface area (Å²) in [5, 5.41) is 0. The fraction of sp³-hybridized carbons (Fsp3) is 0.350. The van der Waals surface area contributed by atoms with Gasteiger partial charge >= 0.3 is 17.9 Å². The number of nitrogens with two attached hydrogens (primary N) is 1. The third-order valence-electron chi connectivity index (χ3n) is 5.06. The smallest absolute Gasteiger partial charge is 0.339 e. The van der Waals surface area contributed by atoms with Gasteiger partial charge in [0.1, 0.15) is 29.3 Å². The molecule has 1 aromatic carbocycles. The Balaban J connectivity index is 2.32. The number of hydrogen-bond acceptors (Lipinski definition) is 9. The van der Waals surface area contributed by atoms with Crippen LogP contribution in [-0.4, -0.2) is 52.4 Å². The van der Waals surface area contributed by atoms with Gasteiger partial charge in [0.05, 0.1) is 13.7 Å². The van der Waals surface area contributed by atoms with E-state index in [2.05, 4.69) is 0 Å². The number of rotatable bonds is 5. The Labute approximate surface area is 167 Å². The molecule has 1 atom stereocenters. The Kier molecular flexibility index (Phi) is 5.34. The molecule has 0 radical (unpaired) electrons. The predicted molar refractivity (Wildman–Crippen MR) is 101 cm³/mol. The van der Waals surface area contributed by atoms with Crippen LogP contribution in [0.4, 0.5) is 5.69 Å². The Morgan fingerprint density at radius 2 is 1.83 bits per heavy atom. The van der Waals surface area contributed by atoms with Crippen molar-refractivity contribution in [2.45, 2.75) is 12.3 Å². The Morgan fingerprint density at radius 3 is 2.48 bits per heavy atom. The van der Waals surface area contributed by atoms with E-state index in [-0.39, 0.29) is 35.9 Å².